The fourth-order valence-electron chi connectivity index (χ4n) is 1.84. The molecule has 0 saturated heterocycles. The van der Waals surface area contributed by atoms with Crippen LogP contribution in [-0.2, 0) is 11.2 Å². The number of carbonyl (C=O) groups excluding carboxylic acids is 1. The zero-order valence-electron chi connectivity index (χ0n) is 12.0. The minimum Gasteiger partial charge on any atom is -0.481 e. The molecule has 0 fully saturated rings. The average Bonchev–Trinajstić information content (AvgIpc) is 2.36. The van der Waals surface area contributed by atoms with Gasteiger partial charge in [-0.2, -0.15) is 0 Å². The van der Waals surface area contributed by atoms with Crippen LogP contribution in [0.3, 0.4) is 0 Å². The van der Waals surface area contributed by atoms with Gasteiger partial charge in [0.2, 0.25) is 0 Å². The maximum absolute atomic E-state index is 11.6. The maximum atomic E-state index is 11.6. The van der Waals surface area contributed by atoms with Crippen molar-refractivity contribution in [2.45, 2.75) is 45.6 Å². The van der Waals surface area contributed by atoms with Crippen molar-refractivity contribution in [2.75, 3.05) is 5.32 Å². The number of carboxylic acids is 1. The highest BCUT2D eigenvalue weighted by Gasteiger charge is 2.10. The van der Waals surface area contributed by atoms with Crippen molar-refractivity contribution in [3.63, 3.8) is 0 Å². The van der Waals surface area contributed by atoms with Crippen molar-refractivity contribution in [2.24, 2.45) is 0 Å². The minimum atomic E-state index is -0.932. The first kappa shape index (κ1) is 16.0. The highest BCUT2D eigenvalue weighted by molar-refractivity contribution is 5.89. The van der Waals surface area contributed by atoms with E-state index >= 15 is 0 Å². The predicted molar refractivity (Wildman–Crippen MR) is 78.9 cm³/mol. The molecule has 5 heteroatoms. The summed E-state index contributed by atoms with van der Waals surface area (Å²) in [6.07, 6.45) is 3.26. The summed E-state index contributed by atoms with van der Waals surface area (Å²) in [5.74, 6) is -0.932. The number of rotatable bonds is 7. The Kier molecular flexibility index (Phi) is 6.56. The van der Waals surface area contributed by atoms with E-state index in [9.17, 15) is 9.59 Å². The van der Waals surface area contributed by atoms with E-state index in [1.165, 1.54) is 5.56 Å². The van der Waals surface area contributed by atoms with Crippen LogP contribution in [0.15, 0.2) is 24.3 Å². The topological polar surface area (TPSA) is 78.4 Å². The van der Waals surface area contributed by atoms with Crippen molar-refractivity contribution in [1.82, 2.24) is 5.32 Å². The highest BCUT2D eigenvalue weighted by Crippen LogP contribution is 2.11. The molecular weight excluding hydrogens is 256 g/mol. The van der Waals surface area contributed by atoms with E-state index in [1.807, 2.05) is 24.3 Å². The summed E-state index contributed by atoms with van der Waals surface area (Å²) in [5, 5.41) is 13.9. The van der Waals surface area contributed by atoms with Crippen LogP contribution in [0.4, 0.5) is 10.5 Å². The van der Waals surface area contributed by atoms with Crippen LogP contribution in [0.2, 0.25) is 0 Å². The van der Waals surface area contributed by atoms with Crippen LogP contribution in [-0.4, -0.2) is 23.1 Å². The van der Waals surface area contributed by atoms with Gasteiger partial charge in [0.25, 0.3) is 0 Å². The molecule has 0 heterocycles. The van der Waals surface area contributed by atoms with Crippen molar-refractivity contribution in [3.8, 4) is 0 Å². The fourth-order valence-corrected chi connectivity index (χ4v) is 1.84. The van der Waals surface area contributed by atoms with Gasteiger partial charge >= 0.3 is 12.0 Å². The van der Waals surface area contributed by atoms with Gasteiger partial charge < -0.3 is 15.7 Å². The Bertz CT molecular complexity index is 443. The number of nitrogens with one attached hydrogen (secondary N) is 2. The molecule has 3 N–H and O–H groups in total. The summed E-state index contributed by atoms with van der Waals surface area (Å²) in [4.78, 5) is 22.1. The first-order chi connectivity index (χ1) is 9.51. The summed E-state index contributed by atoms with van der Waals surface area (Å²) in [7, 11) is 0. The smallest absolute Gasteiger partial charge is 0.319 e. The van der Waals surface area contributed by atoms with Gasteiger partial charge in [0.05, 0.1) is 6.42 Å². The number of benzene rings is 1. The summed E-state index contributed by atoms with van der Waals surface area (Å²) >= 11 is 0. The van der Waals surface area contributed by atoms with Gasteiger partial charge in [0, 0.05) is 11.7 Å². The molecule has 0 saturated carbocycles. The standard InChI is InChI=1S/C15H22N2O3/c1-3-4-5-12-6-8-13(9-7-12)17-15(20)16-11(2)10-14(18)19/h6-9,11H,3-5,10H2,1-2H3,(H,18,19)(H2,16,17,20). The zero-order valence-corrected chi connectivity index (χ0v) is 12.0. The van der Waals surface area contributed by atoms with Gasteiger partial charge in [0.15, 0.2) is 0 Å². The molecule has 20 heavy (non-hydrogen) atoms. The van der Waals surface area contributed by atoms with Gasteiger partial charge in [-0.15, -0.1) is 0 Å². The van der Waals surface area contributed by atoms with Crippen molar-refractivity contribution >= 4 is 17.7 Å². The van der Waals surface area contributed by atoms with Crippen molar-refractivity contribution < 1.29 is 14.7 Å². The number of carbonyl (C=O) groups is 2. The van der Waals surface area contributed by atoms with Gasteiger partial charge in [-0.1, -0.05) is 25.5 Å². The molecular formula is C15H22N2O3. The number of aliphatic carboxylic acids is 1. The molecule has 110 valence electrons. The Morgan fingerprint density at radius 2 is 1.90 bits per heavy atom. The monoisotopic (exact) mass is 278 g/mol. The van der Waals surface area contributed by atoms with E-state index in [-0.39, 0.29) is 12.5 Å². The van der Waals surface area contributed by atoms with E-state index in [1.54, 1.807) is 6.92 Å². The Labute approximate surface area is 119 Å². The third-order valence-electron chi connectivity index (χ3n) is 2.89. The molecule has 1 rings (SSSR count). The first-order valence-corrected chi connectivity index (χ1v) is 6.89. The number of carboxylic acid groups (broad SMARTS) is 1. The average molecular weight is 278 g/mol. The summed E-state index contributed by atoms with van der Waals surface area (Å²) < 4.78 is 0. The second kappa shape index (κ2) is 8.19. The molecule has 1 aromatic carbocycles. The van der Waals surface area contributed by atoms with Crippen LogP contribution < -0.4 is 10.6 Å². The lowest BCUT2D eigenvalue weighted by molar-refractivity contribution is -0.137. The van der Waals surface area contributed by atoms with Crippen LogP contribution >= 0.6 is 0 Å². The lowest BCUT2D eigenvalue weighted by atomic mass is 10.1. The second-order valence-electron chi connectivity index (χ2n) is 4.90. The molecule has 5 nitrogen and oxygen atoms in total. The van der Waals surface area contributed by atoms with Crippen LogP contribution in [0, 0.1) is 0 Å². The fraction of sp³-hybridized carbons (Fsp3) is 0.467. The normalized spacial score (nSPS) is 11.7. The largest absolute Gasteiger partial charge is 0.481 e. The Morgan fingerprint density at radius 1 is 1.25 bits per heavy atom. The minimum absolute atomic E-state index is 0.0939. The summed E-state index contributed by atoms with van der Waals surface area (Å²) in [6.45, 7) is 3.81. The van der Waals surface area contributed by atoms with Crippen LogP contribution in [0.5, 0.6) is 0 Å². The van der Waals surface area contributed by atoms with E-state index in [0.717, 1.165) is 19.3 Å². The molecule has 1 aromatic rings. The molecule has 0 aliphatic rings. The number of anilines is 1. The van der Waals surface area contributed by atoms with Crippen molar-refractivity contribution in [3.05, 3.63) is 29.8 Å². The third-order valence-corrected chi connectivity index (χ3v) is 2.89. The number of unbranched alkanes of at least 4 members (excludes halogenated alkanes) is 1. The summed E-state index contributed by atoms with van der Waals surface area (Å²) in [5.41, 5.74) is 1.95. The molecule has 2 amide bonds. The van der Waals surface area contributed by atoms with Crippen LogP contribution in [0.1, 0.15) is 38.7 Å². The molecule has 0 aliphatic carbocycles. The lowest BCUT2D eigenvalue weighted by Crippen LogP contribution is -2.37. The molecule has 0 aliphatic heterocycles. The quantitative estimate of drug-likeness (QED) is 0.717. The Hall–Kier alpha value is -2.04. The lowest BCUT2D eigenvalue weighted by Gasteiger charge is -2.12. The first-order valence-electron chi connectivity index (χ1n) is 6.89. The van der Waals surface area contributed by atoms with E-state index in [0.29, 0.717) is 5.69 Å². The van der Waals surface area contributed by atoms with Crippen LogP contribution in [0.25, 0.3) is 0 Å². The zero-order chi connectivity index (χ0) is 15.0. The number of urea groups is 1. The molecule has 0 aromatic heterocycles. The number of aryl methyl sites for hydroxylation is 1. The second-order valence-corrected chi connectivity index (χ2v) is 4.90. The molecule has 0 spiro atoms. The Balaban J connectivity index is 2.43. The predicted octanol–water partition coefficient (Wildman–Crippen LogP) is 3.01. The molecule has 1 atom stereocenters. The maximum Gasteiger partial charge on any atom is 0.319 e. The third kappa shape index (κ3) is 6.22. The molecule has 0 bridgehead atoms. The van der Waals surface area contributed by atoms with E-state index in [2.05, 4.69) is 17.6 Å². The van der Waals surface area contributed by atoms with Gasteiger partial charge in [-0.3, -0.25) is 4.79 Å². The highest BCUT2D eigenvalue weighted by atomic mass is 16.4. The van der Waals surface area contributed by atoms with E-state index in [4.69, 9.17) is 5.11 Å². The van der Waals surface area contributed by atoms with E-state index < -0.39 is 12.0 Å². The number of amides is 2. The molecule has 1 unspecified atom stereocenters. The Morgan fingerprint density at radius 3 is 2.45 bits per heavy atom. The molecule has 0 radical (unpaired) electrons. The number of hydrogen-bond donors (Lipinski definition) is 3. The SMILES string of the molecule is CCCCc1ccc(NC(=O)NC(C)CC(=O)O)cc1. The number of hydrogen-bond acceptors (Lipinski definition) is 2. The summed E-state index contributed by atoms with van der Waals surface area (Å²) in [6, 6.07) is 6.90. The van der Waals surface area contributed by atoms with Crippen molar-refractivity contribution in [1.29, 1.82) is 0 Å². The van der Waals surface area contributed by atoms with Gasteiger partial charge in [0.1, 0.15) is 0 Å². The van der Waals surface area contributed by atoms with Gasteiger partial charge in [-0.05, 0) is 37.5 Å². The van der Waals surface area contributed by atoms with Gasteiger partial charge in [-0.25, -0.2) is 4.79 Å².